The lowest BCUT2D eigenvalue weighted by Gasteiger charge is -2.10. The van der Waals surface area contributed by atoms with Crippen LogP contribution in [0.2, 0.25) is 0 Å². The zero-order valence-electron chi connectivity index (χ0n) is 14.7. The molecule has 26 heavy (non-hydrogen) atoms. The highest BCUT2D eigenvalue weighted by Crippen LogP contribution is 2.03. The molecule has 0 radical (unpaired) electrons. The summed E-state index contributed by atoms with van der Waals surface area (Å²) < 4.78 is 10.4. The summed E-state index contributed by atoms with van der Waals surface area (Å²) in [5, 5.41) is 2.66. The SMILES string of the molecule is [NH3+][C@@H](CCCNC(=O)OCc1ccccc1)C(=O)OCc1ccccc1. The molecule has 0 heterocycles. The molecule has 0 aliphatic heterocycles. The molecule has 0 spiro atoms. The lowest BCUT2D eigenvalue weighted by Crippen LogP contribution is -2.65. The van der Waals surface area contributed by atoms with E-state index in [2.05, 4.69) is 11.1 Å². The summed E-state index contributed by atoms with van der Waals surface area (Å²) in [6.07, 6.45) is 0.683. The molecule has 0 unspecified atom stereocenters. The number of nitrogens with one attached hydrogen (secondary N) is 1. The lowest BCUT2D eigenvalue weighted by atomic mass is 10.1. The van der Waals surface area contributed by atoms with E-state index in [-0.39, 0.29) is 19.2 Å². The van der Waals surface area contributed by atoms with Gasteiger partial charge in [-0.3, -0.25) is 0 Å². The normalized spacial score (nSPS) is 11.4. The summed E-state index contributed by atoms with van der Waals surface area (Å²) >= 11 is 0. The summed E-state index contributed by atoms with van der Waals surface area (Å²) in [6, 6.07) is 18.5. The van der Waals surface area contributed by atoms with E-state index in [0.717, 1.165) is 11.1 Å². The van der Waals surface area contributed by atoms with Gasteiger partial charge in [-0.15, -0.1) is 0 Å². The third-order valence-electron chi connectivity index (χ3n) is 3.77. The largest absolute Gasteiger partial charge is 0.456 e. The van der Waals surface area contributed by atoms with E-state index in [1.165, 1.54) is 0 Å². The van der Waals surface area contributed by atoms with Crippen LogP contribution in [0.1, 0.15) is 24.0 Å². The van der Waals surface area contributed by atoms with Crippen molar-refractivity contribution in [3.8, 4) is 0 Å². The molecule has 0 fully saturated rings. The fourth-order valence-electron chi connectivity index (χ4n) is 2.28. The second kappa shape index (κ2) is 10.9. The first kappa shape index (κ1) is 19.5. The minimum Gasteiger partial charge on any atom is -0.456 e. The van der Waals surface area contributed by atoms with E-state index in [0.29, 0.717) is 19.4 Å². The number of ether oxygens (including phenoxy) is 2. The molecule has 2 aromatic carbocycles. The molecule has 0 aliphatic carbocycles. The molecule has 0 aliphatic rings. The molecule has 1 amide bonds. The van der Waals surface area contributed by atoms with E-state index in [9.17, 15) is 9.59 Å². The first-order valence-corrected chi connectivity index (χ1v) is 8.63. The van der Waals surface area contributed by atoms with E-state index in [1.54, 1.807) is 0 Å². The van der Waals surface area contributed by atoms with Gasteiger partial charge in [0.2, 0.25) is 0 Å². The van der Waals surface area contributed by atoms with Gasteiger partial charge in [0, 0.05) is 13.0 Å². The molecule has 0 bridgehead atoms. The van der Waals surface area contributed by atoms with Crippen molar-refractivity contribution in [3.05, 3.63) is 71.8 Å². The van der Waals surface area contributed by atoms with Crippen molar-refractivity contribution in [3.63, 3.8) is 0 Å². The van der Waals surface area contributed by atoms with E-state index >= 15 is 0 Å². The third kappa shape index (κ3) is 7.36. The molecule has 6 nitrogen and oxygen atoms in total. The number of alkyl carbamates (subject to hydrolysis) is 1. The summed E-state index contributed by atoms with van der Waals surface area (Å²) in [5.74, 6) is -0.333. The van der Waals surface area contributed by atoms with Gasteiger partial charge in [-0.25, -0.2) is 9.59 Å². The molecule has 6 heteroatoms. The van der Waals surface area contributed by atoms with E-state index in [1.807, 2.05) is 60.7 Å². The number of rotatable bonds is 9. The van der Waals surface area contributed by atoms with Crippen LogP contribution in [-0.4, -0.2) is 24.6 Å². The van der Waals surface area contributed by atoms with Crippen molar-refractivity contribution in [2.24, 2.45) is 0 Å². The first-order valence-electron chi connectivity index (χ1n) is 8.63. The highest BCUT2D eigenvalue weighted by atomic mass is 16.5. The van der Waals surface area contributed by atoms with E-state index < -0.39 is 12.1 Å². The fourth-order valence-corrected chi connectivity index (χ4v) is 2.28. The zero-order valence-corrected chi connectivity index (χ0v) is 14.7. The molecular weight excluding hydrogens is 332 g/mol. The minimum atomic E-state index is -0.471. The molecule has 0 saturated heterocycles. The van der Waals surface area contributed by atoms with Gasteiger partial charge < -0.3 is 20.5 Å². The molecule has 4 N–H and O–H groups in total. The van der Waals surface area contributed by atoms with Crippen LogP contribution >= 0.6 is 0 Å². The number of carbonyl (C=O) groups excluding carboxylic acids is 2. The van der Waals surface area contributed by atoms with Gasteiger partial charge in [-0.2, -0.15) is 0 Å². The Morgan fingerprint density at radius 2 is 1.42 bits per heavy atom. The van der Waals surface area contributed by atoms with Gasteiger partial charge in [0.25, 0.3) is 0 Å². The van der Waals surface area contributed by atoms with Crippen molar-refractivity contribution in [2.45, 2.75) is 32.1 Å². The van der Waals surface area contributed by atoms with Crippen LogP contribution in [0.3, 0.4) is 0 Å². The monoisotopic (exact) mass is 357 g/mol. The third-order valence-corrected chi connectivity index (χ3v) is 3.77. The predicted molar refractivity (Wildman–Crippen MR) is 96.8 cm³/mol. The number of esters is 1. The summed E-state index contributed by atoms with van der Waals surface area (Å²) in [5.41, 5.74) is 5.70. The Hall–Kier alpha value is -2.86. The maximum Gasteiger partial charge on any atom is 0.407 e. The molecular formula is C20H25N2O4+. The number of carbonyl (C=O) groups is 2. The predicted octanol–water partition coefficient (Wildman–Crippen LogP) is 2.05. The Morgan fingerprint density at radius 1 is 0.885 bits per heavy atom. The molecule has 2 aromatic rings. The molecule has 138 valence electrons. The number of hydrogen-bond acceptors (Lipinski definition) is 4. The average molecular weight is 357 g/mol. The number of amides is 1. The van der Waals surface area contributed by atoms with Crippen molar-refractivity contribution in [1.29, 1.82) is 0 Å². The maximum atomic E-state index is 11.9. The van der Waals surface area contributed by atoms with Gasteiger partial charge in [0.15, 0.2) is 6.04 Å². The Balaban J connectivity index is 1.55. The second-order valence-corrected chi connectivity index (χ2v) is 5.92. The molecule has 0 saturated carbocycles. The van der Waals surface area contributed by atoms with Crippen LogP contribution in [0, 0.1) is 0 Å². The summed E-state index contributed by atoms with van der Waals surface area (Å²) in [6.45, 7) is 0.901. The van der Waals surface area contributed by atoms with Crippen LogP contribution in [0.5, 0.6) is 0 Å². The number of benzene rings is 2. The number of hydrogen-bond donors (Lipinski definition) is 2. The lowest BCUT2D eigenvalue weighted by molar-refractivity contribution is -0.410. The Kier molecular flexibility index (Phi) is 8.15. The maximum absolute atomic E-state index is 11.9. The van der Waals surface area contributed by atoms with Crippen molar-refractivity contribution < 1.29 is 24.8 Å². The topological polar surface area (TPSA) is 92.3 Å². The minimum absolute atomic E-state index is 0.233. The zero-order chi connectivity index (χ0) is 18.6. The Labute approximate surface area is 153 Å². The fraction of sp³-hybridized carbons (Fsp3) is 0.300. The molecule has 2 rings (SSSR count). The Morgan fingerprint density at radius 3 is 2.00 bits per heavy atom. The van der Waals surface area contributed by atoms with Crippen molar-refractivity contribution >= 4 is 12.1 Å². The Bertz CT molecular complexity index is 677. The van der Waals surface area contributed by atoms with Crippen LogP contribution in [0.15, 0.2) is 60.7 Å². The first-order chi connectivity index (χ1) is 12.6. The summed E-state index contributed by atoms with van der Waals surface area (Å²) in [4.78, 5) is 23.5. The van der Waals surface area contributed by atoms with Gasteiger partial charge >= 0.3 is 12.1 Å². The smallest absolute Gasteiger partial charge is 0.407 e. The van der Waals surface area contributed by atoms with Crippen LogP contribution in [0.4, 0.5) is 4.79 Å². The van der Waals surface area contributed by atoms with Gasteiger partial charge in [-0.1, -0.05) is 60.7 Å². The summed E-state index contributed by atoms with van der Waals surface area (Å²) in [7, 11) is 0. The van der Waals surface area contributed by atoms with Crippen molar-refractivity contribution in [2.75, 3.05) is 6.54 Å². The highest BCUT2D eigenvalue weighted by molar-refractivity contribution is 5.73. The standard InChI is InChI=1S/C20H24N2O4/c21-18(19(23)25-14-16-8-3-1-4-9-16)12-7-13-22-20(24)26-15-17-10-5-2-6-11-17/h1-6,8-11,18H,7,12-15,21H2,(H,22,24)/p+1/t18-/m0/s1. The highest BCUT2D eigenvalue weighted by Gasteiger charge is 2.18. The molecule has 0 aromatic heterocycles. The molecule has 1 atom stereocenters. The van der Waals surface area contributed by atoms with Crippen LogP contribution < -0.4 is 11.1 Å². The van der Waals surface area contributed by atoms with Gasteiger partial charge in [0.05, 0.1) is 0 Å². The quantitative estimate of drug-likeness (QED) is 0.531. The van der Waals surface area contributed by atoms with E-state index in [4.69, 9.17) is 9.47 Å². The van der Waals surface area contributed by atoms with Crippen LogP contribution in [-0.2, 0) is 27.5 Å². The van der Waals surface area contributed by atoms with Crippen LogP contribution in [0.25, 0.3) is 0 Å². The average Bonchev–Trinajstić information content (AvgIpc) is 2.69. The van der Waals surface area contributed by atoms with Crippen molar-refractivity contribution in [1.82, 2.24) is 5.32 Å². The number of quaternary nitrogens is 1. The second-order valence-electron chi connectivity index (χ2n) is 5.92. The van der Waals surface area contributed by atoms with Gasteiger partial charge in [0.1, 0.15) is 13.2 Å². The van der Waals surface area contributed by atoms with Gasteiger partial charge in [-0.05, 0) is 17.5 Å².